The quantitative estimate of drug-likeness (QED) is 0.775. The second-order valence-electron chi connectivity index (χ2n) is 4.74. The maximum atomic E-state index is 4.79. The number of fused-ring (bicyclic) bond motifs is 1. The summed E-state index contributed by atoms with van der Waals surface area (Å²) < 4.78 is 2.15. The van der Waals surface area contributed by atoms with Gasteiger partial charge in [-0.05, 0) is 32.2 Å². The zero-order valence-electron chi connectivity index (χ0n) is 11.2. The fourth-order valence-corrected chi connectivity index (χ4v) is 2.39. The number of aryl methyl sites for hydroxylation is 1. The van der Waals surface area contributed by atoms with Crippen LogP contribution in [-0.4, -0.2) is 16.4 Å². The van der Waals surface area contributed by atoms with Gasteiger partial charge >= 0.3 is 0 Å². The lowest BCUT2D eigenvalue weighted by atomic mass is 10.1. The Bertz CT molecular complexity index is 713. The van der Waals surface area contributed by atoms with Crippen LogP contribution in [-0.2, 0) is 6.54 Å². The number of benzene rings is 1. The number of pyridine rings is 1. The average Bonchev–Trinajstić information content (AvgIpc) is 2.79. The van der Waals surface area contributed by atoms with Crippen molar-refractivity contribution in [2.75, 3.05) is 7.05 Å². The van der Waals surface area contributed by atoms with Crippen molar-refractivity contribution in [2.24, 2.45) is 0 Å². The van der Waals surface area contributed by atoms with Crippen molar-refractivity contribution in [1.29, 1.82) is 0 Å². The molecule has 1 aromatic carbocycles. The Morgan fingerprint density at radius 2 is 2.05 bits per heavy atom. The SMILES string of the molecule is CNCc1nc(-c2cccc(C)c2)n2ccccc12. The molecule has 0 spiro atoms. The van der Waals surface area contributed by atoms with Crippen LogP contribution in [0.25, 0.3) is 16.9 Å². The van der Waals surface area contributed by atoms with Crippen LogP contribution >= 0.6 is 0 Å². The molecule has 0 aliphatic rings. The summed E-state index contributed by atoms with van der Waals surface area (Å²) in [7, 11) is 1.94. The Morgan fingerprint density at radius 1 is 1.16 bits per heavy atom. The number of rotatable bonds is 3. The van der Waals surface area contributed by atoms with Crippen molar-refractivity contribution in [3.8, 4) is 11.4 Å². The van der Waals surface area contributed by atoms with Gasteiger partial charge < -0.3 is 5.32 Å². The lowest BCUT2D eigenvalue weighted by molar-refractivity contribution is 0.803. The third kappa shape index (κ3) is 2.13. The van der Waals surface area contributed by atoms with E-state index in [9.17, 15) is 0 Å². The van der Waals surface area contributed by atoms with Gasteiger partial charge in [0.1, 0.15) is 5.82 Å². The molecular weight excluding hydrogens is 234 g/mol. The van der Waals surface area contributed by atoms with Crippen LogP contribution in [0.3, 0.4) is 0 Å². The van der Waals surface area contributed by atoms with Crippen molar-refractivity contribution in [2.45, 2.75) is 13.5 Å². The summed E-state index contributed by atoms with van der Waals surface area (Å²) in [6.45, 7) is 2.88. The van der Waals surface area contributed by atoms with Gasteiger partial charge in [0.25, 0.3) is 0 Å². The number of aromatic nitrogens is 2. The van der Waals surface area contributed by atoms with Crippen LogP contribution < -0.4 is 5.32 Å². The van der Waals surface area contributed by atoms with E-state index in [2.05, 4.69) is 59.2 Å². The summed E-state index contributed by atoms with van der Waals surface area (Å²) in [4.78, 5) is 4.79. The Kier molecular flexibility index (Phi) is 3.05. The first-order chi connectivity index (χ1) is 9.29. The summed E-state index contributed by atoms with van der Waals surface area (Å²) in [5, 5.41) is 3.18. The predicted octanol–water partition coefficient (Wildman–Crippen LogP) is 3.03. The minimum absolute atomic E-state index is 0.777. The summed E-state index contributed by atoms with van der Waals surface area (Å²) in [6.07, 6.45) is 2.07. The molecule has 0 fully saturated rings. The highest BCUT2D eigenvalue weighted by Gasteiger charge is 2.11. The van der Waals surface area contributed by atoms with E-state index >= 15 is 0 Å². The van der Waals surface area contributed by atoms with Crippen LogP contribution in [0.4, 0.5) is 0 Å². The molecule has 1 N–H and O–H groups in total. The van der Waals surface area contributed by atoms with Crippen LogP contribution in [0, 0.1) is 6.92 Å². The van der Waals surface area contributed by atoms with Crippen LogP contribution in [0.2, 0.25) is 0 Å². The molecule has 19 heavy (non-hydrogen) atoms. The Morgan fingerprint density at radius 3 is 2.84 bits per heavy atom. The van der Waals surface area contributed by atoms with Gasteiger partial charge in [0.15, 0.2) is 0 Å². The summed E-state index contributed by atoms with van der Waals surface area (Å²) in [5.74, 6) is 1.00. The molecule has 3 heteroatoms. The first kappa shape index (κ1) is 11.9. The van der Waals surface area contributed by atoms with Crippen LogP contribution in [0.1, 0.15) is 11.3 Å². The third-order valence-corrected chi connectivity index (χ3v) is 3.25. The molecule has 3 nitrogen and oxygen atoms in total. The first-order valence-corrected chi connectivity index (χ1v) is 6.47. The molecule has 0 unspecified atom stereocenters. The minimum atomic E-state index is 0.777. The number of imidazole rings is 1. The van der Waals surface area contributed by atoms with Crippen molar-refractivity contribution < 1.29 is 0 Å². The van der Waals surface area contributed by atoms with Gasteiger partial charge in [0.2, 0.25) is 0 Å². The van der Waals surface area contributed by atoms with E-state index in [-0.39, 0.29) is 0 Å². The number of nitrogens with one attached hydrogen (secondary N) is 1. The van der Waals surface area contributed by atoms with Gasteiger partial charge in [-0.2, -0.15) is 0 Å². The lowest BCUT2D eigenvalue weighted by Gasteiger charge is -2.02. The van der Waals surface area contributed by atoms with Gasteiger partial charge in [0, 0.05) is 18.3 Å². The smallest absolute Gasteiger partial charge is 0.144 e. The molecule has 2 aromatic heterocycles. The first-order valence-electron chi connectivity index (χ1n) is 6.47. The molecular formula is C16H17N3. The molecule has 0 aliphatic heterocycles. The van der Waals surface area contributed by atoms with E-state index in [1.807, 2.05) is 13.1 Å². The molecule has 3 aromatic rings. The van der Waals surface area contributed by atoms with Gasteiger partial charge in [-0.3, -0.25) is 4.40 Å². The summed E-state index contributed by atoms with van der Waals surface area (Å²) >= 11 is 0. The van der Waals surface area contributed by atoms with Gasteiger partial charge in [-0.25, -0.2) is 4.98 Å². The molecule has 0 amide bonds. The van der Waals surface area contributed by atoms with Crippen molar-refractivity contribution in [1.82, 2.24) is 14.7 Å². The molecule has 0 radical (unpaired) electrons. The van der Waals surface area contributed by atoms with Gasteiger partial charge in [0.05, 0.1) is 11.2 Å². The highest BCUT2D eigenvalue weighted by atomic mass is 15.0. The van der Waals surface area contributed by atoms with Crippen LogP contribution in [0.5, 0.6) is 0 Å². The zero-order valence-corrected chi connectivity index (χ0v) is 11.2. The second-order valence-corrected chi connectivity index (χ2v) is 4.74. The molecule has 2 heterocycles. The molecule has 0 saturated carbocycles. The molecule has 0 bridgehead atoms. The minimum Gasteiger partial charge on any atom is -0.314 e. The number of nitrogens with zero attached hydrogens (tertiary/aromatic N) is 2. The predicted molar refractivity (Wildman–Crippen MR) is 78.1 cm³/mol. The van der Waals surface area contributed by atoms with E-state index in [0.29, 0.717) is 0 Å². The Hall–Kier alpha value is -2.13. The maximum Gasteiger partial charge on any atom is 0.144 e. The molecule has 96 valence electrons. The third-order valence-electron chi connectivity index (χ3n) is 3.25. The normalized spacial score (nSPS) is 11.1. The lowest BCUT2D eigenvalue weighted by Crippen LogP contribution is -2.05. The van der Waals surface area contributed by atoms with Crippen LogP contribution in [0.15, 0.2) is 48.7 Å². The van der Waals surface area contributed by atoms with Crippen molar-refractivity contribution in [3.05, 3.63) is 59.9 Å². The fraction of sp³-hybridized carbons (Fsp3) is 0.188. The molecule has 3 rings (SSSR count). The van der Waals surface area contributed by atoms with E-state index in [4.69, 9.17) is 4.98 Å². The van der Waals surface area contributed by atoms with E-state index in [1.54, 1.807) is 0 Å². The topological polar surface area (TPSA) is 29.3 Å². The Labute approximate surface area is 112 Å². The highest BCUT2D eigenvalue weighted by Crippen LogP contribution is 2.23. The standard InChI is InChI=1S/C16H17N3/c1-12-6-5-7-13(10-12)16-18-14(11-17-2)15-8-3-4-9-19(15)16/h3-10,17H,11H2,1-2H3. The number of hydrogen-bond donors (Lipinski definition) is 1. The Balaban J connectivity index is 2.23. The fourth-order valence-electron chi connectivity index (χ4n) is 2.39. The number of hydrogen-bond acceptors (Lipinski definition) is 2. The maximum absolute atomic E-state index is 4.79. The average molecular weight is 251 g/mol. The highest BCUT2D eigenvalue weighted by molar-refractivity contribution is 5.65. The zero-order chi connectivity index (χ0) is 13.2. The summed E-state index contributed by atoms with van der Waals surface area (Å²) in [6, 6.07) is 14.7. The van der Waals surface area contributed by atoms with Gasteiger partial charge in [-0.15, -0.1) is 0 Å². The van der Waals surface area contributed by atoms with Gasteiger partial charge in [-0.1, -0.05) is 29.8 Å². The van der Waals surface area contributed by atoms with E-state index < -0.39 is 0 Å². The van der Waals surface area contributed by atoms with E-state index in [0.717, 1.165) is 29.1 Å². The molecule has 0 saturated heterocycles. The van der Waals surface area contributed by atoms with Crippen molar-refractivity contribution >= 4 is 5.52 Å². The molecule has 0 atom stereocenters. The molecule has 0 aliphatic carbocycles. The van der Waals surface area contributed by atoms with E-state index in [1.165, 1.54) is 5.56 Å². The second kappa shape index (κ2) is 4.86. The van der Waals surface area contributed by atoms with Crippen molar-refractivity contribution in [3.63, 3.8) is 0 Å². The largest absolute Gasteiger partial charge is 0.314 e. The summed E-state index contributed by atoms with van der Waals surface area (Å²) in [5.41, 5.74) is 4.65. The monoisotopic (exact) mass is 251 g/mol.